The van der Waals surface area contributed by atoms with Crippen molar-refractivity contribution in [2.75, 3.05) is 19.6 Å². The van der Waals surface area contributed by atoms with Crippen LogP contribution < -0.4 is 5.32 Å². The molecule has 0 aromatic carbocycles. The SMILES string of the molecule is CCN(CC)CCCC(C)NC(=O)CC(C)(C)CC(=O)O. The minimum atomic E-state index is -0.861. The second-order valence-corrected chi connectivity index (χ2v) is 6.55. The number of rotatable bonds is 11. The fourth-order valence-corrected chi connectivity index (χ4v) is 2.47. The summed E-state index contributed by atoms with van der Waals surface area (Å²) < 4.78 is 0. The fourth-order valence-electron chi connectivity index (χ4n) is 2.47. The van der Waals surface area contributed by atoms with E-state index < -0.39 is 11.4 Å². The van der Waals surface area contributed by atoms with Crippen LogP contribution in [-0.2, 0) is 9.59 Å². The van der Waals surface area contributed by atoms with Crippen LogP contribution in [0.2, 0.25) is 0 Å². The quantitative estimate of drug-likeness (QED) is 0.615. The van der Waals surface area contributed by atoms with Crippen LogP contribution in [0.4, 0.5) is 0 Å². The molecule has 1 amide bonds. The number of carbonyl (C=O) groups excluding carboxylic acids is 1. The van der Waals surface area contributed by atoms with Gasteiger partial charge in [0.1, 0.15) is 0 Å². The van der Waals surface area contributed by atoms with Gasteiger partial charge in [0, 0.05) is 12.5 Å². The third kappa shape index (κ3) is 10.3. The summed E-state index contributed by atoms with van der Waals surface area (Å²) in [6, 6.07) is 0.133. The van der Waals surface area contributed by atoms with Gasteiger partial charge in [0.2, 0.25) is 5.91 Å². The Morgan fingerprint density at radius 1 is 1.19 bits per heavy atom. The van der Waals surface area contributed by atoms with Crippen LogP contribution in [-0.4, -0.2) is 47.6 Å². The van der Waals surface area contributed by atoms with Crippen LogP contribution in [0.15, 0.2) is 0 Å². The van der Waals surface area contributed by atoms with Crippen molar-refractivity contribution in [2.45, 2.75) is 66.3 Å². The molecule has 21 heavy (non-hydrogen) atoms. The summed E-state index contributed by atoms with van der Waals surface area (Å²) in [5.41, 5.74) is -0.503. The van der Waals surface area contributed by atoms with Crippen molar-refractivity contribution in [3.63, 3.8) is 0 Å². The third-order valence-corrected chi connectivity index (χ3v) is 3.68. The molecule has 1 unspecified atom stereocenters. The molecule has 5 nitrogen and oxygen atoms in total. The lowest BCUT2D eigenvalue weighted by molar-refractivity contribution is -0.139. The first-order chi connectivity index (χ1) is 9.70. The van der Waals surface area contributed by atoms with E-state index in [4.69, 9.17) is 5.11 Å². The number of carboxylic acids is 1. The van der Waals surface area contributed by atoms with E-state index in [9.17, 15) is 9.59 Å². The van der Waals surface area contributed by atoms with Gasteiger partial charge in [0.15, 0.2) is 0 Å². The molecule has 0 saturated carbocycles. The van der Waals surface area contributed by atoms with Crippen LogP contribution >= 0.6 is 0 Å². The van der Waals surface area contributed by atoms with Gasteiger partial charge in [-0.25, -0.2) is 0 Å². The Morgan fingerprint density at radius 2 is 1.76 bits per heavy atom. The maximum atomic E-state index is 11.9. The summed E-state index contributed by atoms with van der Waals surface area (Å²) in [6.07, 6.45) is 2.26. The number of nitrogens with zero attached hydrogens (tertiary/aromatic N) is 1. The van der Waals surface area contributed by atoms with E-state index in [0.717, 1.165) is 32.5 Å². The molecule has 0 aliphatic heterocycles. The first kappa shape index (κ1) is 19.9. The largest absolute Gasteiger partial charge is 0.481 e. The van der Waals surface area contributed by atoms with Crippen LogP contribution in [0.1, 0.15) is 60.3 Å². The Kier molecular flexibility index (Phi) is 9.26. The van der Waals surface area contributed by atoms with Crippen molar-refractivity contribution in [1.29, 1.82) is 0 Å². The van der Waals surface area contributed by atoms with Crippen LogP contribution in [0, 0.1) is 5.41 Å². The number of aliphatic carboxylic acids is 1. The monoisotopic (exact) mass is 300 g/mol. The van der Waals surface area contributed by atoms with Crippen molar-refractivity contribution in [2.24, 2.45) is 5.41 Å². The first-order valence-corrected chi connectivity index (χ1v) is 7.93. The van der Waals surface area contributed by atoms with E-state index in [1.54, 1.807) is 0 Å². The van der Waals surface area contributed by atoms with Gasteiger partial charge in [-0.1, -0.05) is 27.7 Å². The Balaban J connectivity index is 4.01. The minimum Gasteiger partial charge on any atom is -0.481 e. The third-order valence-electron chi connectivity index (χ3n) is 3.68. The Labute approximate surface area is 129 Å². The van der Waals surface area contributed by atoms with Crippen LogP contribution in [0.5, 0.6) is 0 Å². The zero-order chi connectivity index (χ0) is 16.5. The molecule has 2 N–H and O–H groups in total. The van der Waals surface area contributed by atoms with Crippen molar-refractivity contribution in [3.05, 3.63) is 0 Å². The highest BCUT2D eigenvalue weighted by molar-refractivity contribution is 5.78. The summed E-state index contributed by atoms with van der Waals surface area (Å²) in [5, 5.41) is 11.8. The molecule has 0 aliphatic rings. The molecule has 0 aliphatic carbocycles. The second-order valence-electron chi connectivity index (χ2n) is 6.55. The van der Waals surface area contributed by atoms with Gasteiger partial charge in [-0.3, -0.25) is 9.59 Å². The maximum Gasteiger partial charge on any atom is 0.303 e. The summed E-state index contributed by atoms with van der Waals surface area (Å²) in [6.45, 7) is 13.1. The molecule has 124 valence electrons. The summed E-state index contributed by atoms with van der Waals surface area (Å²) >= 11 is 0. The van der Waals surface area contributed by atoms with E-state index in [1.165, 1.54) is 0 Å². The number of hydrogen-bond donors (Lipinski definition) is 2. The van der Waals surface area contributed by atoms with Gasteiger partial charge in [-0.15, -0.1) is 0 Å². The van der Waals surface area contributed by atoms with Crippen molar-refractivity contribution < 1.29 is 14.7 Å². The van der Waals surface area contributed by atoms with Crippen molar-refractivity contribution in [1.82, 2.24) is 10.2 Å². The molecule has 0 bridgehead atoms. The number of carbonyl (C=O) groups is 2. The fraction of sp³-hybridized carbons (Fsp3) is 0.875. The molecule has 0 rings (SSSR count). The molecule has 0 saturated heterocycles. The maximum absolute atomic E-state index is 11.9. The smallest absolute Gasteiger partial charge is 0.303 e. The van der Waals surface area contributed by atoms with Crippen LogP contribution in [0.3, 0.4) is 0 Å². The van der Waals surface area contributed by atoms with E-state index in [-0.39, 0.29) is 24.8 Å². The minimum absolute atomic E-state index is 0.0107. The zero-order valence-corrected chi connectivity index (χ0v) is 14.2. The average molecular weight is 300 g/mol. The van der Waals surface area contributed by atoms with E-state index >= 15 is 0 Å². The number of carboxylic acid groups (broad SMARTS) is 1. The average Bonchev–Trinajstić information content (AvgIpc) is 2.31. The first-order valence-electron chi connectivity index (χ1n) is 7.93. The molecule has 5 heteroatoms. The molecule has 0 spiro atoms. The van der Waals surface area contributed by atoms with Crippen molar-refractivity contribution in [3.8, 4) is 0 Å². The molecule has 0 radical (unpaired) electrons. The lowest BCUT2D eigenvalue weighted by Gasteiger charge is -2.23. The Morgan fingerprint density at radius 3 is 2.24 bits per heavy atom. The molecule has 0 fully saturated rings. The second kappa shape index (κ2) is 9.77. The molecule has 0 heterocycles. The highest BCUT2D eigenvalue weighted by atomic mass is 16.4. The zero-order valence-electron chi connectivity index (χ0n) is 14.2. The lowest BCUT2D eigenvalue weighted by Crippen LogP contribution is -2.36. The van der Waals surface area contributed by atoms with Gasteiger partial charge >= 0.3 is 5.97 Å². The lowest BCUT2D eigenvalue weighted by atomic mass is 9.85. The summed E-state index contributed by atoms with van der Waals surface area (Å²) in [4.78, 5) is 25.1. The number of nitrogens with one attached hydrogen (secondary N) is 1. The predicted octanol–water partition coefficient (Wildman–Crippen LogP) is 2.50. The number of hydrogen-bond acceptors (Lipinski definition) is 3. The topological polar surface area (TPSA) is 69.6 Å². The highest BCUT2D eigenvalue weighted by Crippen LogP contribution is 2.24. The van der Waals surface area contributed by atoms with E-state index in [1.807, 2.05) is 20.8 Å². The highest BCUT2D eigenvalue weighted by Gasteiger charge is 2.25. The Bertz CT molecular complexity index is 325. The van der Waals surface area contributed by atoms with Crippen LogP contribution in [0.25, 0.3) is 0 Å². The molecular formula is C16H32N2O3. The summed E-state index contributed by atoms with van der Waals surface area (Å²) in [7, 11) is 0. The van der Waals surface area contributed by atoms with Gasteiger partial charge in [-0.05, 0) is 44.8 Å². The van der Waals surface area contributed by atoms with Gasteiger partial charge < -0.3 is 15.3 Å². The van der Waals surface area contributed by atoms with E-state index in [0.29, 0.717) is 0 Å². The standard InChI is InChI=1S/C16H32N2O3/c1-6-18(7-2)10-8-9-13(3)17-14(19)11-16(4,5)12-15(20)21/h13H,6-12H2,1-5H3,(H,17,19)(H,20,21). The molecule has 0 aromatic rings. The molecule has 1 atom stereocenters. The van der Waals surface area contributed by atoms with Crippen molar-refractivity contribution >= 4 is 11.9 Å². The van der Waals surface area contributed by atoms with E-state index in [2.05, 4.69) is 24.1 Å². The number of amides is 1. The molecule has 0 aromatic heterocycles. The molecular weight excluding hydrogens is 268 g/mol. The van der Waals surface area contributed by atoms with Gasteiger partial charge in [0.25, 0.3) is 0 Å². The normalized spacial score (nSPS) is 13.2. The van der Waals surface area contributed by atoms with Gasteiger partial charge in [-0.2, -0.15) is 0 Å². The van der Waals surface area contributed by atoms with Gasteiger partial charge in [0.05, 0.1) is 6.42 Å². The Hall–Kier alpha value is -1.10. The predicted molar refractivity (Wildman–Crippen MR) is 85.3 cm³/mol. The summed E-state index contributed by atoms with van der Waals surface area (Å²) in [5.74, 6) is -0.920.